The molecule has 5 rings (SSSR count). The highest BCUT2D eigenvalue weighted by Gasteiger charge is 2.56. The van der Waals surface area contributed by atoms with Crippen LogP contribution >= 0.6 is 0 Å². The third-order valence-electron chi connectivity index (χ3n) is 13.9. The van der Waals surface area contributed by atoms with E-state index in [1.54, 1.807) is 27.2 Å². The fourth-order valence-electron chi connectivity index (χ4n) is 10.1. The highest BCUT2D eigenvalue weighted by molar-refractivity contribution is 6.39. The normalized spacial score (nSPS) is 37.9. The molecule has 1 aromatic heterocycles. The zero-order valence-electron chi connectivity index (χ0n) is 38.4. The van der Waals surface area contributed by atoms with Crippen LogP contribution < -0.4 is 0 Å². The Morgan fingerprint density at radius 3 is 2.31 bits per heavy atom. The van der Waals surface area contributed by atoms with E-state index in [2.05, 4.69) is 13.0 Å². The molecule has 0 aromatic carbocycles. The fraction of sp³-hybridized carbons (Fsp3) is 0.750. The number of ether oxygens (including phenoxy) is 6. The Balaban J connectivity index is 1.48. The molecule has 2 N–H and O–H groups in total. The van der Waals surface area contributed by atoms with Crippen LogP contribution in [-0.4, -0.2) is 121 Å². The number of carbonyl (C=O) groups excluding carboxylic acids is 4. The molecule has 1 aliphatic carbocycles. The highest BCUT2D eigenvalue weighted by atomic mass is 16.7. The number of allylic oxidation sites excluding steroid dienone is 3. The van der Waals surface area contributed by atoms with Gasteiger partial charge in [-0.05, 0) is 108 Å². The number of carbonyl (C=O) groups is 4. The first-order valence-electron chi connectivity index (χ1n) is 22.8. The predicted molar refractivity (Wildman–Crippen MR) is 229 cm³/mol. The van der Waals surface area contributed by atoms with Crippen molar-refractivity contribution in [1.29, 1.82) is 0 Å². The number of aliphatic hydroxyl groups excluding tert-OH is 1. The number of amides is 1. The molecule has 4 aliphatic rings. The number of fused-ring (bicyclic) bond motifs is 3. The molecule has 0 spiro atoms. The van der Waals surface area contributed by atoms with Crippen molar-refractivity contribution >= 4 is 23.4 Å². The van der Waals surface area contributed by atoms with Crippen molar-refractivity contribution in [3.05, 3.63) is 47.5 Å². The molecule has 0 radical (unpaired) electrons. The molecule has 1 amide bonds. The van der Waals surface area contributed by atoms with Gasteiger partial charge in [0, 0.05) is 52.0 Å². The molecule has 14 heteroatoms. The Morgan fingerprint density at radius 2 is 1.65 bits per heavy atom. The number of hydrogen-bond donors (Lipinski definition) is 2. The molecular weight excluding hydrogens is 799 g/mol. The summed E-state index contributed by atoms with van der Waals surface area (Å²) in [5, 5.41) is 23.9. The number of Topliss-reactive ketones (excluding diaryl/α,β-unsaturated/α-hetero) is 2. The summed E-state index contributed by atoms with van der Waals surface area (Å²) in [6, 6.07) is 2.55. The molecule has 3 aliphatic heterocycles. The number of cyclic esters (lactones) is 1. The number of rotatable bonds is 9. The second-order valence-corrected chi connectivity index (χ2v) is 18.5. The maximum absolute atomic E-state index is 14.5. The van der Waals surface area contributed by atoms with Crippen LogP contribution in [0.15, 0.2) is 46.1 Å². The lowest BCUT2D eigenvalue weighted by Crippen LogP contribution is -2.64. The van der Waals surface area contributed by atoms with Crippen molar-refractivity contribution in [2.75, 3.05) is 27.9 Å². The molecule has 14 unspecified atom stereocenters. The van der Waals surface area contributed by atoms with Crippen molar-refractivity contribution in [2.45, 2.75) is 173 Å². The topological polar surface area (TPSA) is 180 Å². The van der Waals surface area contributed by atoms with Gasteiger partial charge in [0.25, 0.3) is 11.7 Å². The van der Waals surface area contributed by atoms with Gasteiger partial charge >= 0.3 is 5.97 Å². The lowest BCUT2D eigenvalue weighted by molar-refractivity contribution is -0.302. The van der Waals surface area contributed by atoms with Crippen LogP contribution in [0.25, 0.3) is 0 Å². The van der Waals surface area contributed by atoms with Gasteiger partial charge in [-0.25, -0.2) is 4.79 Å². The number of piperidine rings is 1. The summed E-state index contributed by atoms with van der Waals surface area (Å²) in [6.45, 7) is 11.7. The molecule has 3 fully saturated rings. The predicted octanol–water partition coefficient (Wildman–Crippen LogP) is 6.29. The van der Waals surface area contributed by atoms with Crippen LogP contribution in [0, 0.1) is 29.6 Å². The second kappa shape index (κ2) is 22.6. The van der Waals surface area contributed by atoms with E-state index in [0.717, 1.165) is 24.2 Å². The van der Waals surface area contributed by atoms with Crippen LogP contribution in [0.3, 0.4) is 0 Å². The number of ketones is 2. The van der Waals surface area contributed by atoms with E-state index in [4.69, 9.17) is 32.8 Å². The molecule has 2 bridgehead atoms. The third-order valence-corrected chi connectivity index (χ3v) is 13.9. The van der Waals surface area contributed by atoms with Gasteiger partial charge in [-0.2, -0.15) is 0 Å². The number of esters is 1. The number of methoxy groups -OCH3 is 3. The van der Waals surface area contributed by atoms with Gasteiger partial charge in [0.2, 0.25) is 5.79 Å². The Bertz CT molecular complexity index is 1710. The Hall–Kier alpha value is -3.24. The van der Waals surface area contributed by atoms with Gasteiger partial charge in [0.15, 0.2) is 0 Å². The van der Waals surface area contributed by atoms with E-state index < -0.39 is 77.8 Å². The van der Waals surface area contributed by atoms with Crippen molar-refractivity contribution in [2.24, 2.45) is 29.6 Å². The van der Waals surface area contributed by atoms with E-state index in [-0.39, 0.29) is 55.6 Å². The van der Waals surface area contributed by atoms with E-state index in [1.165, 1.54) is 19.1 Å². The maximum atomic E-state index is 14.5. The minimum absolute atomic E-state index is 0.0287. The second-order valence-electron chi connectivity index (χ2n) is 18.5. The van der Waals surface area contributed by atoms with E-state index in [1.807, 2.05) is 39.0 Å². The number of nitrogens with zero attached hydrogens (tertiary/aromatic N) is 1. The van der Waals surface area contributed by atoms with Crippen LogP contribution in [0.1, 0.15) is 118 Å². The van der Waals surface area contributed by atoms with E-state index >= 15 is 0 Å². The zero-order chi connectivity index (χ0) is 45.3. The largest absolute Gasteiger partial charge is 0.467 e. The zero-order valence-corrected chi connectivity index (χ0v) is 38.4. The van der Waals surface area contributed by atoms with Gasteiger partial charge in [-0.1, -0.05) is 45.4 Å². The Morgan fingerprint density at radius 1 is 0.935 bits per heavy atom. The van der Waals surface area contributed by atoms with Gasteiger partial charge in [0.1, 0.15) is 36.4 Å². The van der Waals surface area contributed by atoms with Gasteiger partial charge < -0.3 is 48.0 Å². The van der Waals surface area contributed by atoms with E-state index in [9.17, 15) is 29.4 Å². The fourth-order valence-corrected chi connectivity index (χ4v) is 10.1. The van der Waals surface area contributed by atoms with Gasteiger partial charge in [-0.15, -0.1) is 0 Å². The third kappa shape index (κ3) is 11.9. The summed E-state index contributed by atoms with van der Waals surface area (Å²) in [5.74, 6) is -6.73. The van der Waals surface area contributed by atoms with Gasteiger partial charge in [0.05, 0.1) is 36.8 Å². The van der Waals surface area contributed by atoms with Crippen molar-refractivity contribution in [1.82, 2.24) is 4.90 Å². The summed E-state index contributed by atoms with van der Waals surface area (Å²) in [4.78, 5) is 58.2. The quantitative estimate of drug-likeness (QED) is 0.161. The summed E-state index contributed by atoms with van der Waals surface area (Å²) < 4.78 is 41.9. The van der Waals surface area contributed by atoms with Crippen LogP contribution in [0.5, 0.6) is 0 Å². The average Bonchev–Trinajstić information content (AvgIpc) is 3.79. The summed E-state index contributed by atoms with van der Waals surface area (Å²) in [7, 11) is 4.73. The van der Waals surface area contributed by atoms with Gasteiger partial charge in [-0.3, -0.25) is 14.4 Å². The lowest BCUT2D eigenvalue weighted by atomic mass is 9.81. The first kappa shape index (κ1) is 49.8. The van der Waals surface area contributed by atoms with Crippen molar-refractivity contribution in [3.8, 4) is 0 Å². The molecule has 1 saturated carbocycles. The number of aliphatic hydroxyl groups is 2. The van der Waals surface area contributed by atoms with Crippen molar-refractivity contribution in [3.63, 3.8) is 0 Å². The standard InChI is InChI=1S/C48H73NO13/c1-10-34-21-28(2)20-29(3)22-41(57-8)44-42(58-9)24-31(5)48(55,62-44)45(52)46(53)49-18-12-11-15-36(49)47(54)61-43(32(6)37(50)26-38(34)51)30(4)23-33-16-17-39(40(25-33)56-7)60-27-35-14-13-19-59-35/h13-14,19,21,23,29,31-34,36-37,39-44,50,55H,10-12,15-18,20,22,24-27H2,1-9H3. The molecule has 14 nitrogen and oxygen atoms in total. The monoisotopic (exact) mass is 872 g/mol. The summed E-state index contributed by atoms with van der Waals surface area (Å²) in [6.07, 6.45) is 6.34. The minimum atomic E-state index is -2.50. The van der Waals surface area contributed by atoms with E-state index in [0.29, 0.717) is 50.7 Å². The first-order chi connectivity index (χ1) is 29.5. The lowest BCUT2D eigenvalue weighted by Gasteiger charge is -2.47. The molecular formula is C48H73NO13. The van der Waals surface area contributed by atoms with Crippen LogP contribution in [-0.2, 0) is 54.2 Å². The summed E-state index contributed by atoms with van der Waals surface area (Å²) >= 11 is 0. The highest BCUT2D eigenvalue weighted by Crippen LogP contribution is 2.39. The number of hydrogen-bond acceptors (Lipinski definition) is 13. The molecule has 4 heterocycles. The smallest absolute Gasteiger partial charge is 0.329 e. The average molecular weight is 872 g/mol. The molecule has 1 aromatic rings. The molecule has 14 atom stereocenters. The SMILES string of the molecule is CCC1C=C(C)CC(C)CC(OC)C2OC(O)(C(=O)C(=O)N3CCCCC3C(=O)OC(C(C)=CC3CCC(OCc4ccco4)C(OC)C3)C(C)C(O)CC1=O)C(C)CC2OC. The molecule has 62 heavy (non-hydrogen) atoms. The number of furan rings is 1. The maximum Gasteiger partial charge on any atom is 0.329 e. The molecule has 348 valence electrons. The summed E-state index contributed by atoms with van der Waals surface area (Å²) in [5.41, 5.74) is 1.69. The Kier molecular flexibility index (Phi) is 18.1. The minimum Gasteiger partial charge on any atom is -0.467 e. The van der Waals surface area contributed by atoms with Crippen LogP contribution in [0.2, 0.25) is 0 Å². The van der Waals surface area contributed by atoms with Crippen molar-refractivity contribution < 1.29 is 62.2 Å². The molecule has 2 saturated heterocycles. The van der Waals surface area contributed by atoms with Crippen LogP contribution in [0.4, 0.5) is 0 Å². The first-order valence-corrected chi connectivity index (χ1v) is 22.8. The Labute approximate surface area is 368 Å².